The highest BCUT2D eigenvalue weighted by Crippen LogP contribution is 2.20. The lowest BCUT2D eigenvalue weighted by molar-refractivity contribution is -0.118. The largest absolute Gasteiger partial charge is 0.318 e. The zero-order valence-corrected chi connectivity index (χ0v) is 17.3. The Labute approximate surface area is 170 Å². The van der Waals surface area contributed by atoms with Crippen LogP contribution in [-0.2, 0) is 10.5 Å². The van der Waals surface area contributed by atoms with Crippen LogP contribution in [0.2, 0.25) is 0 Å². The lowest BCUT2D eigenvalue weighted by Gasteiger charge is -2.09. The van der Waals surface area contributed by atoms with E-state index in [1.165, 1.54) is 11.1 Å². The Morgan fingerprint density at radius 1 is 1.07 bits per heavy atom. The first-order valence-corrected chi connectivity index (χ1v) is 10.4. The van der Waals surface area contributed by atoms with Gasteiger partial charge in [0.15, 0.2) is 0 Å². The molecule has 0 fully saturated rings. The van der Waals surface area contributed by atoms with Crippen molar-refractivity contribution in [1.82, 2.24) is 9.99 Å². The monoisotopic (exact) mass is 391 g/mol. The highest BCUT2D eigenvalue weighted by Gasteiger charge is 2.09. The standard InChI is InChI=1S/C23H25N3OS/c1-17-9-11-22(12-10-17)26-18(2)13-21(19(26)3)14-24-25-23(27)16-28-15-20-7-5-4-6-8-20/h4-14H,15-16H2,1-3H3,(H,25,27)/b24-14+. The van der Waals surface area contributed by atoms with E-state index in [-0.39, 0.29) is 5.91 Å². The average Bonchev–Trinajstić information content (AvgIpc) is 2.97. The maximum Gasteiger partial charge on any atom is 0.250 e. The maximum atomic E-state index is 12.0. The molecule has 28 heavy (non-hydrogen) atoms. The van der Waals surface area contributed by atoms with Gasteiger partial charge in [-0.1, -0.05) is 48.0 Å². The van der Waals surface area contributed by atoms with Crippen molar-refractivity contribution >= 4 is 23.9 Å². The van der Waals surface area contributed by atoms with Crippen LogP contribution in [0.4, 0.5) is 0 Å². The fourth-order valence-corrected chi connectivity index (χ4v) is 3.83. The summed E-state index contributed by atoms with van der Waals surface area (Å²) in [6.07, 6.45) is 1.72. The molecule has 0 saturated carbocycles. The van der Waals surface area contributed by atoms with Crippen molar-refractivity contribution in [2.24, 2.45) is 5.10 Å². The minimum absolute atomic E-state index is 0.0930. The van der Waals surface area contributed by atoms with Crippen LogP contribution in [0, 0.1) is 20.8 Å². The molecule has 1 amide bonds. The van der Waals surface area contributed by atoms with E-state index in [1.54, 1.807) is 18.0 Å². The Balaban J connectivity index is 1.56. The first kappa shape index (κ1) is 20.0. The van der Waals surface area contributed by atoms with Crippen LogP contribution in [0.3, 0.4) is 0 Å². The van der Waals surface area contributed by atoms with Crippen molar-refractivity contribution in [2.45, 2.75) is 26.5 Å². The summed E-state index contributed by atoms with van der Waals surface area (Å²) in [6.45, 7) is 6.22. The van der Waals surface area contributed by atoms with E-state index in [2.05, 4.69) is 78.3 Å². The SMILES string of the molecule is Cc1ccc(-n2c(C)cc(/C=N/NC(=O)CSCc3ccccc3)c2C)cc1. The van der Waals surface area contributed by atoms with Crippen LogP contribution < -0.4 is 5.43 Å². The lowest BCUT2D eigenvalue weighted by Crippen LogP contribution is -2.19. The van der Waals surface area contributed by atoms with Crippen LogP contribution in [-0.4, -0.2) is 22.4 Å². The highest BCUT2D eigenvalue weighted by atomic mass is 32.2. The van der Waals surface area contributed by atoms with E-state index in [4.69, 9.17) is 0 Å². The number of benzene rings is 2. The molecule has 1 aromatic heterocycles. The summed E-state index contributed by atoms with van der Waals surface area (Å²) in [5.41, 5.74) is 9.42. The molecular formula is C23H25N3OS. The quantitative estimate of drug-likeness (QED) is 0.465. The Kier molecular flexibility index (Phi) is 6.71. The number of thioether (sulfide) groups is 1. The van der Waals surface area contributed by atoms with Crippen LogP contribution in [0.25, 0.3) is 5.69 Å². The maximum absolute atomic E-state index is 12.0. The van der Waals surface area contributed by atoms with Gasteiger partial charge in [-0.2, -0.15) is 5.10 Å². The van der Waals surface area contributed by atoms with Gasteiger partial charge in [0.05, 0.1) is 12.0 Å². The van der Waals surface area contributed by atoms with Gasteiger partial charge in [-0.05, 0) is 44.5 Å². The average molecular weight is 392 g/mol. The lowest BCUT2D eigenvalue weighted by atomic mass is 10.2. The van der Waals surface area contributed by atoms with E-state index in [1.807, 2.05) is 18.2 Å². The molecule has 4 nitrogen and oxygen atoms in total. The Bertz CT molecular complexity index is 960. The molecule has 144 valence electrons. The summed E-state index contributed by atoms with van der Waals surface area (Å²) in [6, 6.07) is 20.6. The number of carbonyl (C=O) groups is 1. The second-order valence-electron chi connectivity index (χ2n) is 6.77. The molecule has 2 aromatic carbocycles. The first-order chi connectivity index (χ1) is 13.5. The Hall–Kier alpha value is -2.79. The molecule has 1 N–H and O–H groups in total. The molecule has 5 heteroatoms. The topological polar surface area (TPSA) is 46.4 Å². The molecule has 1 heterocycles. The summed E-state index contributed by atoms with van der Waals surface area (Å²) in [4.78, 5) is 12.0. The summed E-state index contributed by atoms with van der Waals surface area (Å²) in [5, 5.41) is 4.14. The fourth-order valence-electron chi connectivity index (χ4n) is 3.05. The van der Waals surface area contributed by atoms with Crippen molar-refractivity contribution < 1.29 is 4.79 Å². The number of hydrazone groups is 1. The predicted octanol–water partition coefficient (Wildman–Crippen LogP) is 4.79. The molecule has 0 aliphatic heterocycles. The van der Waals surface area contributed by atoms with Gasteiger partial charge in [-0.25, -0.2) is 5.43 Å². The van der Waals surface area contributed by atoms with Gasteiger partial charge < -0.3 is 4.57 Å². The van der Waals surface area contributed by atoms with Gasteiger partial charge >= 0.3 is 0 Å². The molecule has 3 rings (SSSR count). The van der Waals surface area contributed by atoms with Crippen molar-refractivity contribution in [1.29, 1.82) is 0 Å². The number of carbonyl (C=O) groups excluding carboxylic acids is 1. The molecule has 0 unspecified atom stereocenters. The fraction of sp³-hybridized carbons (Fsp3) is 0.217. The zero-order valence-electron chi connectivity index (χ0n) is 16.5. The minimum Gasteiger partial charge on any atom is -0.318 e. The van der Waals surface area contributed by atoms with Gasteiger partial charge in [0.1, 0.15) is 0 Å². The molecule has 0 aliphatic rings. The van der Waals surface area contributed by atoms with Gasteiger partial charge in [-0.3, -0.25) is 4.79 Å². The molecule has 0 radical (unpaired) electrons. The van der Waals surface area contributed by atoms with E-state index < -0.39 is 0 Å². The van der Waals surface area contributed by atoms with Crippen LogP contribution in [0.15, 0.2) is 65.8 Å². The number of hydrogen-bond acceptors (Lipinski definition) is 3. The molecule has 0 bridgehead atoms. The summed E-state index contributed by atoms with van der Waals surface area (Å²) >= 11 is 1.58. The minimum atomic E-state index is -0.0930. The molecular weight excluding hydrogens is 366 g/mol. The van der Waals surface area contributed by atoms with E-state index in [9.17, 15) is 4.79 Å². The van der Waals surface area contributed by atoms with Crippen LogP contribution in [0.5, 0.6) is 0 Å². The number of rotatable bonds is 7. The third kappa shape index (κ3) is 5.14. The van der Waals surface area contributed by atoms with Gasteiger partial charge in [0, 0.05) is 28.4 Å². The number of amides is 1. The number of aromatic nitrogens is 1. The molecule has 0 spiro atoms. The van der Waals surface area contributed by atoms with E-state index in [0.717, 1.165) is 28.4 Å². The van der Waals surface area contributed by atoms with Crippen LogP contribution >= 0.6 is 11.8 Å². The summed E-state index contributed by atoms with van der Waals surface area (Å²) in [5.74, 6) is 1.11. The number of nitrogens with zero attached hydrogens (tertiary/aromatic N) is 2. The second kappa shape index (κ2) is 9.42. The van der Waals surface area contributed by atoms with E-state index >= 15 is 0 Å². The van der Waals surface area contributed by atoms with Gasteiger partial charge in [-0.15, -0.1) is 11.8 Å². The van der Waals surface area contributed by atoms with Gasteiger partial charge in [0.25, 0.3) is 0 Å². The number of aryl methyl sites for hydroxylation is 2. The van der Waals surface area contributed by atoms with Crippen molar-refractivity contribution in [2.75, 3.05) is 5.75 Å². The third-order valence-electron chi connectivity index (χ3n) is 4.50. The summed E-state index contributed by atoms with van der Waals surface area (Å²) in [7, 11) is 0. The third-order valence-corrected chi connectivity index (χ3v) is 5.50. The smallest absolute Gasteiger partial charge is 0.250 e. The second-order valence-corrected chi connectivity index (χ2v) is 7.75. The number of hydrogen-bond donors (Lipinski definition) is 1. The van der Waals surface area contributed by atoms with Crippen molar-refractivity contribution in [3.63, 3.8) is 0 Å². The molecule has 0 aliphatic carbocycles. The Morgan fingerprint density at radius 3 is 2.50 bits per heavy atom. The molecule has 0 atom stereocenters. The molecule has 3 aromatic rings. The first-order valence-electron chi connectivity index (χ1n) is 9.24. The predicted molar refractivity (Wildman–Crippen MR) is 118 cm³/mol. The normalized spacial score (nSPS) is 11.1. The summed E-state index contributed by atoms with van der Waals surface area (Å²) < 4.78 is 2.19. The Morgan fingerprint density at radius 2 is 1.79 bits per heavy atom. The van der Waals surface area contributed by atoms with Crippen molar-refractivity contribution in [3.05, 3.63) is 88.7 Å². The molecule has 0 saturated heterocycles. The zero-order chi connectivity index (χ0) is 19.9. The van der Waals surface area contributed by atoms with Crippen LogP contribution in [0.1, 0.15) is 28.1 Å². The van der Waals surface area contributed by atoms with Crippen molar-refractivity contribution in [3.8, 4) is 5.69 Å². The highest BCUT2D eigenvalue weighted by molar-refractivity contribution is 7.99. The van der Waals surface area contributed by atoms with E-state index in [0.29, 0.717) is 5.75 Å². The van der Waals surface area contributed by atoms with Gasteiger partial charge in [0.2, 0.25) is 5.91 Å². The number of nitrogens with one attached hydrogen (secondary N) is 1.